The Kier molecular flexibility index (Phi) is 4.22. The number of ether oxygens (including phenoxy) is 1. The Morgan fingerprint density at radius 3 is 3.00 bits per heavy atom. The molecule has 0 atom stereocenters. The van der Waals surface area contributed by atoms with Crippen molar-refractivity contribution in [3.05, 3.63) is 51.5 Å². The van der Waals surface area contributed by atoms with Gasteiger partial charge in [0.1, 0.15) is 5.75 Å². The van der Waals surface area contributed by atoms with Crippen LogP contribution in [0.1, 0.15) is 5.56 Å². The smallest absolute Gasteiger partial charge is 0.220 e. The summed E-state index contributed by atoms with van der Waals surface area (Å²) >= 11 is 8.46. The van der Waals surface area contributed by atoms with Crippen LogP contribution in [0.25, 0.3) is 0 Å². The summed E-state index contributed by atoms with van der Waals surface area (Å²) in [6.45, 7) is 0. The molecule has 1 aromatic carbocycles. The molecule has 0 radical (unpaired) electrons. The van der Waals surface area contributed by atoms with Crippen molar-refractivity contribution in [2.45, 2.75) is 0 Å². The van der Waals surface area contributed by atoms with Crippen molar-refractivity contribution < 1.29 is 4.74 Å². The van der Waals surface area contributed by atoms with Crippen LogP contribution in [0, 0.1) is 4.77 Å². The Bertz CT molecular complexity index is 639. The first kappa shape index (κ1) is 12.9. The minimum Gasteiger partial charge on any atom is -0.496 e. The molecule has 92 valence electrons. The van der Waals surface area contributed by atoms with Crippen molar-refractivity contribution in [2.75, 3.05) is 7.11 Å². The number of benzene rings is 1. The maximum absolute atomic E-state index is 5.16. The minimum atomic E-state index is 0.418. The predicted octanol–water partition coefficient (Wildman–Crippen LogP) is 3.27. The van der Waals surface area contributed by atoms with Crippen LogP contribution in [0.4, 0.5) is 0 Å². The van der Waals surface area contributed by atoms with Gasteiger partial charge in [-0.25, -0.2) is 9.66 Å². The highest BCUT2D eigenvalue weighted by Gasteiger charge is 1.99. The maximum Gasteiger partial charge on any atom is 0.220 e. The topological polar surface area (TPSA) is 39.4 Å². The Morgan fingerprint density at radius 2 is 2.33 bits per heavy atom. The molecule has 0 saturated heterocycles. The molecule has 1 aromatic heterocycles. The van der Waals surface area contributed by atoms with E-state index in [0.29, 0.717) is 4.77 Å². The number of hydrogen-bond donors (Lipinski definition) is 0. The van der Waals surface area contributed by atoms with E-state index in [1.54, 1.807) is 31.8 Å². The van der Waals surface area contributed by atoms with Crippen molar-refractivity contribution in [3.63, 3.8) is 0 Å². The van der Waals surface area contributed by atoms with Crippen molar-refractivity contribution in [1.29, 1.82) is 0 Å². The van der Waals surface area contributed by atoms with Gasteiger partial charge in [-0.1, -0.05) is 0 Å². The van der Waals surface area contributed by atoms with E-state index in [2.05, 4.69) is 26.0 Å². The Labute approximate surface area is 118 Å². The Balaban J connectivity index is 2.27. The van der Waals surface area contributed by atoms with Gasteiger partial charge < -0.3 is 4.74 Å². The van der Waals surface area contributed by atoms with Crippen molar-refractivity contribution >= 4 is 34.4 Å². The van der Waals surface area contributed by atoms with Gasteiger partial charge in [0.2, 0.25) is 4.77 Å². The van der Waals surface area contributed by atoms with E-state index in [-0.39, 0.29) is 0 Å². The van der Waals surface area contributed by atoms with E-state index < -0.39 is 0 Å². The van der Waals surface area contributed by atoms with Gasteiger partial charge >= 0.3 is 0 Å². The standard InChI is InChI=1S/C12H10BrN3OS/c1-17-11-4-3-9(7-10(11)13)8-15-16-6-2-5-14-12(16)18/h2-8H,1H3. The summed E-state index contributed by atoms with van der Waals surface area (Å²) in [5.74, 6) is 0.783. The molecule has 0 amide bonds. The molecule has 0 spiro atoms. The number of hydrogen-bond acceptors (Lipinski definition) is 4. The van der Waals surface area contributed by atoms with E-state index >= 15 is 0 Å². The molecule has 18 heavy (non-hydrogen) atoms. The molecule has 4 nitrogen and oxygen atoms in total. The lowest BCUT2D eigenvalue weighted by Crippen LogP contribution is -1.95. The summed E-state index contributed by atoms with van der Waals surface area (Å²) in [7, 11) is 1.63. The van der Waals surface area contributed by atoms with Crippen LogP contribution in [0.15, 0.2) is 46.2 Å². The fraction of sp³-hybridized carbons (Fsp3) is 0.0833. The van der Waals surface area contributed by atoms with Crippen LogP contribution in [0.3, 0.4) is 0 Å². The molecule has 0 aliphatic carbocycles. The van der Waals surface area contributed by atoms with Gasteiger partial charge in [-0.15, -0.1) is 0 Å². The molecule has 0 aliphatic rings. The highest BCUT2D eigenvalue weighted by Crippen LogP contribution is 2.24. The molecular formula is C12H10BrN3OS. The third-order valence-electron chi connectivity index (χ3n) is 2.20. The number of halogens is 1. The second kappa shape index (κ2) is 5.88. The molecule has 0 N–H and O–H groups in total. The van der Waals surface area contributed by atoms with Gasteiger partial charge in [-0.2, -0.15) is 5.10 Å². The molecule has 6 heteroatoms. The molecule has 0 unspecified atom stereocenters. The zero-order chi connectivity index (χ0) is 13.0. The number of rotatable bonds is 3. The molecule has 0 aliphatic heterocycles. The molecule has 0 saturated carbocycles. The van der Waals surface area contributed by atoms with E-state index in [1.807, 2.05) is 18.2 Å². The van der Waals surface area contributed by atoms with E-state index in [4.69, 9.17) is 17.0 Å². The van der Waals surface area contributed by atoms with E-state index in [9.17, 15) is 0 Å². The maximum atomic E-state index is 5.16. The minimum absolute atomic E-state index is 0.418. The first-order chi connectivity index (χ1) is 8.70. The van der Waals surface area contributed by atoms with Gasteiger partial charge in [-0.3, -0.25) is 0 Å². The normalized spacial score (nSPS) is 10.8. The lowest BCUT2D eigenvalue weighted by Gasteiger charge is -2.03. The predicted molar refractivity (Wildman–Crippen MR) is 76.7 cm³/mol. The Morgan fingerprint density at radius 1 is 1.50 bits per heavy atom. The quantitative estimate of drug-likeness (QED) is 0.643. The van der Waals surface area contributed by atoms with Crippen LogP contribution in [0.2, 0.25) is 0 Å². The molecule has 0 bridgehead atoms. The van der Waals surface area contributed by atoms with E-state index in [0.717, 1.165) is 15.8 Å². The average molecular weight is 324 g/mol. The van der Waals surface area contributed by atoms with Crippen LogP contribution in [-0.2, 0) is 0 Å². The van der Waals surface area contributed by atoms with Crippen LogP contribution < -0.4 is 4.74 Å². The first-order valence-corrected chi connectivity index (χ1v) is 6.32. The lowest BCUT2D eigenvalue weighted by molar-refractivity contribution is 0.412. The molecular weight excluding hydrogens is 314 g/mol. The summed E-state index contributed by atoms with van der Waals surface area (Å²) in [5.41, 5.74) is 0.938. The van der Waals surface area contributed by atoms with Gasteiger partial charge in [-0.05, 0) is 58.0 Å². The summed E-state index contributed by atoms with van der Waals surface area (Å²) in [5, 5.41) is 4.24. The second-order valence-electron chi connectivity index (χ2n) is 3.39. The first-order valence-electron chi connectivity index (χ1n) is 5.12. The summed E-state index contributed by atoms with van der Waals surface area (Å²) in [6, 6.07) is 7.47. The fourth-order valence-corrected chi connectivity index (χ4v) is 2.06. The monoisotopic (exact) mass is 323 g/mol. The SMILES string of the molecule is COc1ccc(C=Nn2cccnc2=S)cc1Br. The number of methoxy groups -OCH3 is 1. The average Bonchev–Trinajstić information content (AvgIpc) is 2.38. The summed E-state index contributed by atoms with van der Waals surface area (Å²) in [6.07, 6.45) is 5.10. The summed E-state index contributed by atoms with van der Waals surface area (Å²) in [4.78, 5) is 3.97. The molecule has 2 rings (SSSR count). The highest BCUT2D eigenvalue weighted by atomic mass is 79.9. The zero-order valence-electron chi connectivity index (χ0n) is 9.58. The third-order valence-corrected chi connectivity index (χ3v) is 3.11. The van der Waals surface area contributed by atoms with Crippen LogP contribution in [-0.4, -0.2) is 23.0 Å². The molecule has 2 aromatic rings. The van der Waals surface area contributed by atoms with Gasteiger partial charge in [0, 0.05) is 12.4 Å². The second-order valence-corrected chi connectivity index (χ2v) is 4.60. The summed E-state index contributed by atoms with van der Waals surface area (Å²) < 4.78 is 7.99. The zero-order valence-corrected chi connectivity index (χ0v) is 12.0. The fourth-order valence-electron chi connectivity index (χ4n) is 1.33. The van der Waals surface area contributed by atoms with Crippen molar-refractivity contribution in [3.8, 4) is 5.75 Å². The lowest BCUT2D eigenvalue weighted by atomic mass is 10.2. The van der Waals surface area contributed by atoms with Gasteiger partial charge in [0.05, 0.1) is 17.8 Å². The largest absolute Gasteiger partial charge is 0.496 e. The van der Waals surface area contributed by atoms with Gasteiger partial charge in [0.15, 0.2) is 0 Å². The van der Waals surface area contributed by atoms with Crippen molar-refractivity contribution in [1.82, 2.24) is 9.66 Å². The van der Waals surface area contributed by atoms with Crippen LogP contribution in [0.5, 0.6) is 5.75 Å². The van der Waals surface area contributed by atoms with Crippen LogP contribution >= 0.6 is 28.1 Å². The van der Waals surface area contributed by atoms with E-state index in [1.165, 1.54) is 4.68 Å². The molecule has 1 heterocycles. The molecule has 0 fully saturated rings. The third kappa shape index (κ3) is 3.02. The van der Waals surface area contributed by atoms with Gasteiger partial charge in [0.25, 0.3) is 0 Å². The highest BCUT2D eigenvalue weighted by molar-refractivity contribution is 9.10. The Hall–Kier alpha value is -1.53. The number of aromatic nitrogens is 2. The van der Waals surface area contributed by atoms with Crippen molar-refractivity contribution in [2.24, 2.45) is 5.10 Å². The number of nitrogens with zero attached hydrogens (tertiary/aromatic N) is 3.